The summed E-state index contributed by atoms with van der Waals surface area (Å²) in [6.07, 6.45) is 2.39. The Balaban J connectivity index is 1.38. The van der Waals surface area contributed by atoms with E-state index in [-0.39, 0.29) is 11.8 Å². The summed E-state index contributed by atoms with van der Waals surface area (Å²) in [5.41, 5.74) is 3.48. The molecular weight excluding hydrogens is 352 g/mol. The topological polar surface area (TPSA) is 69.3 Å². The summed E-state index contributed by atoms with van der Waals surface area (Å²) >= 11 is 0. The lowest BCUT2D eigenvalue weighted by molar-refractivity contribution is -0.131. The maximum absolute atomic E-state index is 13.1. The van der Waals surface area contributed by atoms with Crippen LogP contribution in [0.3, 0.4) is 0 Å². The van der Waals surface area contributed by atoms with Gasteiger partial charge < -0.3 is 4.90 Å². The molecule has 2 heterocycles. The first kappa shape index (κ1) is 17.0. The van der Waals surface area contributed by atoms with E-state index in [1.807, 2.05) is 42.5 Å². The molecule has 1 fully saturated rings. The highest BCUT2D eigenvalue weighted by atomic mass is 16.2. The molecule has 2 aromatic carbocycles. The molecule has 6 nitrogen and oxygen atoms in total. The molecule has 0 bridgehead atoms. The average Bonchev–Trinajstić information content (AvgIpc) is 3.39. The van der Waals surface area contributed by atoms with Gasteiger partial charge in [0.15, 0.2) is 0 Å². The third kappa shape index (κ3) is 2.59. The van der Waals surface area contributed by atoms with E-state index >= 15 is 0 Å². The number of H-pyrrole nitrogens is 1. The minimum Gasteiger partial charge on any atom is -0.338 e. The Morgan fingerprint density at radius 1 is 1.29 bits per heavy atom. The molecule has 2 amide bonds. The van der Waals surface area contributed by atoms with Gasteiger partial charge in [-0.2, -0.15) is 5.10 Å². The summed E-state index contributed by atoms with van der Waals surface area (Å²) in [5, 5.41) is 9.33. The van der Waals surface area contributed by atoms with Crippen LogP contribution in [0.5, 0.6) is 0 Å². The largest absolute Gasteiger partial charge is 0.338 e. The van der Waals surface area contributed by atoms with Crippen LogP contribution in [0, 0.1) is 0 Å². The number of nitrogens with zero attached hydrogens (tertiary/aromatic N) is 3. The molecule has 142 valence electrons. The normalized spacial score (nSPS) is 16.6. The van der Waals surface area contributed by atoms with E-state index in [4.69, 9.17) is 0 Å². The van der Waals surface area contributed by atoms with E-state index in [9.17, 15) is 9.59 Å². The van der Waals surface area contributed by atoms with Crippen molar-refractivity contribution in [1.29, 1.82) is 0 Å². The SMILES string of the molecule is CC(C(=O)N(C)Cc1cc(C2CC2)n[nH]1)N1C(=O)c2cccc3cccc1c23. The lowest BCUT2D eigenvalue weighted by atomic mass is 10.1. The first-order chi connectivity index (χ1) is 13.5. The zero-order valence-corrected chi connectivity index (χ0v) is 16.0. The zero-order chi connectivity index (χ0) is 19.4. The Labute approximate surface area is 163 Å². The first-order valence-corrected chi connectivity index (χ1v) is 9.69. The van der Waals surface area contributed by atoms with Gasteiger partial charge in [0, 0.05) is 23.9 Å². The fourth-order valence-electron chi connectivity index (χ4n) is 4.14. The van der Waals surface area contributed by atoms with Crippen molar-refractivity contribution in [3.05, 3.63) is 59.4 Å². The number of likely N-dealkylation sites (N-methyl/N-ethyl adjacent to an activating group) is 1. The van der Waals surface area contributed by atoms with Crippen molar-refractivity contribution in [2.24, 2.45) is 0 Å². The number of benzene rings is 2. The van der Waals surface area contributed by atoms with Crippen LogP contribution in [-0.2, 0) is 11.3 Å². The summed E-state index contributed by atoms with van der Waals surface area (Å²) < 4.78 is 0. The van der Waals surface area contributed by atoms with Gasteiger partial charge in [-0.05, 0) is 43.4 Å². The van der Waals surface area contributed by atoms with Crippen LogP contribution in [0.15, 0.2) is 42.5 Å². The Hall–Kier alpha value is -3.15. The quantitative estimate of drug-likeness (QED) is 0.744. The van der Waals surface area contributed by atoms with Crippen molar-refractivity contribution in [2.75, 3.05) is 11.9 Å². The van der Waals surface area contributed by atoms with Gasteiger partial charge in [-0.1, -0.05) is 24.3 Å². The van der Waals surface area contributed by atoms with E-state index < -0.39 is 6.04 Å². The summed E-state index contributed by atoms with van der Waals surface area (Å²) in [6, 6.07) is 13.0. The number of aromatic amines is 1. The monoisotopic (exact) mass is 374 g/mol. The maximum Gasteiger partial charge on any atom is 0.259 e. The van der Waals surface area contributed by atoms with E-state index in [2.05, 4.69) is 10.2 Å². The second-order valence-electron chi connectivity index (χ2n) is 7.82. The minimum atomic E-state index is -0.582. The molecule has 1 N–H and O–H groups in total. The molecule has 2 aliphatic rings. The van der Waals surface area contributed by atoms with Crippen LogP contribution in [0.25, 0.3) is 10.8 Å². The van der Waals surface area contributed by atoms with Gasteiger partial charge >= 0.3 is 0 Å². The Bertz CT molecular complexity index is 1090. The number of aromatic nitrogens is 2. The van der Waals surface area contributed by atoms with E-state index in [0.29, 0.717) is 18.0 Å². The average molecular weight is 374 g/mol. The fraction of sp³-hybridized carbons (Fsp3) is 0.318. The first-order valence-electron chi connectivity index (χ1n) is 9.69. The highest BCUT2D eigenvalue weighted by molar-refractivity contribution is 6.26. The number of anilines is 1. The van der Waals surface area contributed by atoms with Gasteiger partial charge in [0.2, 0.25) is 5.91 Å². The zero-order valence-electron chi connectivity index (χ0n) is 16.0. The second-order valence-corrected chi connectivity index (χ2v) is 7.82. The molecule has 0 saturated heterocycles. The number of hydrogen-bond acceptors (Lipinski definition) is 3. The van der Waals surface area contributed by atoms with E-state index in [0.717, 1.165) is 27.8 Å². The van der Waals surface area contributed by atoms with Crippen LogP contribution >= 0.6 is 0 Å². The van der Waals surface area contributed by atoms with Crippen molar-refractivity contribution in [3.63, 3.8) is 0 Å². The molecule has 6 heteroatoms. The highest BCUT2D eigenvalue weighted by Gasteiger charge is 2.36. The number of nitrogens with one attached hydrogen (secondary N) is 1. The van der Waals surface area contributed by atoms with Crippen molar-refractivity contribution in [2.45, 2.75) is 38.3 Å². The van der Waals surface area contributed by atoms with Crippen LogP contribution in [0.1, 0.15) is 47.4 Å². The highest BCUT2D eigenvalue weighted by Crippen LogP contribution is 2.40. The van der Waals surface area contributed by atoms with Gasteiger partial charge in [-0.15, -0.1) is 0 Å². The number of carbonyl (C=O) groups is 2. The number of rotatable bonds is 5. The standard InChI is InChI=1S/C22H22N4O2/c1-13(21(27)25(2)12-16-11-18(24-23-16)14-9-10-14)26-19-8-4-6-15-5-3-7-17(20(15)19)22(26)28/h3-8,11,13-14H,9-10,12H2,1-2H3,(H,23,24). The lowest BCUT2D eigenvalue weighted by Gasteiger charge is -2.28. The van der Waals surface area contributed by atoms with Crippen molar-refractivity contribution in [3.8, 4) is 0 Å². The fourth-order valence-corrected chi connectivity index (χ4v) is 4.14. The predicted octanol–water partition coefficient (Wildman–Crippen LogP) is 3.45. The molecular formula is C22H22N4O2. The Kier molecular flexibility index (Phi) is 3.75. The molecule has 1 atom stereocenters. The number of amides is 2. The molecule has 28 heavy (non-hydrogen) atoms. The molecule has 0 radical (unpaired) electrons. The molecule has 5 rings (SSSR count). The van der Waals surface area contributed by atoms with Crippen LogP contribution < -0.4 is 4.90 Å². The van der Waals surface area contributed by atoms with Crippen molar-refractivity contribution >= 4 is 28.3 Å². The molecule has 1 unspecified atom stereocenters. The molecule has 1 aromatic heterocycles. The van der Waals surface area contributed by atoms with Crippen LogP contribution in [-0.4, -0.2) is 40.0 Å². The summed E-state index contributed by atoms with van der Waals surface area (Å²) in [5.74, 6) is 0.366. The predicted molar refractivity (Wildman–Crippen MR) is 107 cm³/mol. The van der Waals surface area contributed by atoms with E-state index in [1.165, 1.54) is 12.8 Å². The summed E-state index contributed by atoms with van der Waals surface area (Å²) in [6.45, 7) is 2.24. The number of carbonyl (C=O) groups excluding carboxylic acids is 2. The van der Waals surface area contributed by atoms with Gasteiger partial charge in [0.05, 0.1) is 23.6 Å². The third-order valence-corrected chi connectivity index (χ3v) is 5.77. The molecule has 3 aromatic rings. The minimum absolute atomic E-state index is 0.0965. The smallest absolute Gasteiger partial charge is 0.259 e. The maximum atomic E-state index is 13.1. The molecule has 1 aliphatic heterocycles. The van der Waals surface area contributed by atoms with Crippen molar-refractivity contribution in [1.82, 2.24) is 15.1 Å². The summed E-state index contributed by atoms with van der Waals surface area (Å²) in [4.78, 5) is 29.4. The van der Waals surface area contributed by atoms with Crippen molar-refractivity contribution < 1.29 is 9.59 Å². The summed E-state index contributed by atoms with van der Waals surface area (Å²) in [7, 11) is 1.77. The Morgan fingerprint density at radius 2 is 2.04 bits per heavy atom. The molecule has 1 saturated carbocycles. The van der Waals surface area contributed by atoms with Gasteiger partial charge in [-0.3, -0.25) is 19.6 Å². The molecule has 0 spiro atoms. The van der Waals surface area contributed by atoms with Gasteiger partial charge in [0.25, 0.3) is 5.91 Å². The number of hydrogen-bond donors (Lipinski definition) is 1. The third-order valence-electron chi connectivity index (χ3n) is 5.77. The van der Waals surface area contributed by atoms with Crippen LogP contribution in [0.4, 0.5) is 5.69 Å². The van der Waals surface area contributed by atoms with Gasteiger partial charge in [0.1, 0.15) is 6.04 Å². The van der Waals surface area contributed by atoms with Crippen LogP contribution in [0.2, 0.25) is 0 Å². The van der Waals surface area contributed by atoms with E-state index in [1.54, 1.807) is 23.8 Å². The lowest BCUT2D eigenvalue weighted by Crippen LogP contribution is -2.47. The Morgan fingerprint density at radius 3 is 2.79 bits per heavy atom. The molecule has 1 aliphatic carbocycles. The van der Waals surface area contributed by atoms with Gasteiger partial charge in [-0.25, -0.2) is 0 Å². The second kappa shape index (κ2) is 6.19.